The van der Waals surface area contributed by atoms with Crippen LogP contribution in [-0.4, -0.2) is 23.1 Å². The number of nitrogens with two attached hydrogens (primary N) is 1. The predicted molar refractivity (Wildman–Crippen MR) is 84.5 cm³/mol. The molecule has 0 spiro atoms. The monoisotopic (exact) mass is 314 g/mol. The van der Waals surface area contributed by atoms with Crippen LogP contribution in [0.5, 0.6) is 0 Å². The Bertz CT molecular complexity index is 656. The molecule has 0 aliphatic carbocycles. The van der Waals surface area contributed by atoms with E-state index in [-0.39, 0.29) is 13.0 Å². The number of aliphatic carboxylic acids is 1. The van der Waals surface area contributed by atoms with E-state index in [2.05, 4.69) is 5.43 Å². The van der Waals surface area contributed by atoms with E-state index in [1.165, 1.54) is 0 Å². The number of carboxylic acid groups (broad SMARTS) is 1. The lowest BCUT2D eigenvalue weighted by Gasteiger charge is -2.11. The third kappa shape index (κ3) is 4.91. The number of esters is 1. The first-order valence-electron chi connectivity index (χ1n) is 7.09. The first-order valence-corrected chi connectivity index (χ1v) is 7.09. The minimum atomic E-state index is -1.03. The van der Waals surface area contributed by atoms with Crippen molar-refractivity contribution in [3.8, 4) is 0 Å². The van der Waals surface area contributed by atoms with Crippen LogP contribution in [-0.2, 0) is 22.6 Å². The van der Waals surface area contributed by atoms with Gasteiger partial charge in [-0.25, -0.2) is 10.2 Å². The molecule has 23 heavy (non-hydrogen) atoms. The van der Waals surface area contributed by atoms with Crippen molar-refractivity contribution in [3.63, 3.8) is 0 Å². The number of hydrogen-bond donors (Lipinski definition) is 3. The van der Waals surface area contributed by atoms with Gasteiger partial charge in [0, 0.05) is 0 Å². The molecule has 0 saturated heterocycles. The summed E-state index contributed by atoms with van der Waals surface area (Å²) in [5, 5.41) is 8.94. The summed E-state index contributed by atoms with van der Waals surface area (Å²) < 4.78 is 5.23. The summed E-state index contributed by atoms with van der Waals surface area (Å²) >= 11 is 0. The standard InChI is InChI=1S/C17H18N2O4/c18-19-15(16(20)21)10-12-6-8-14(9-7-12)17(22)23-11-13-4-2-1-3-5-13/h1-9,15,19H,10-11,18H2,(H,20,21). The molecule has 0 saturated carbocycles. The maximum atomic E-state index is 12.0. The Balaban J connectivity index is 1.93. The molecule has 4 N–H and O–H groups in total. The van der Waals surface area contributed by atoms with Gasteiger partial charge in [0.15, 0.2) is 0 Å². The lowest BCUT2D eigenvalue weighted by Crippen LogP contribution is -2.42. The largest absolute Gasteiger partial charge is 0.480 e. The number of benzene rings is 2. The molecule has 0 heterocycles. The third-order valence-electron chi connectivity index (χ3n) is 3.34. The van der Waals surface area contributed by atoms with Crippen molar-refractivity contribution in [2.24, 2.45) is 5.84 Å². The Morgan fingerprint density at radius 3 is 2.26 bits per heavy atom. The summed E-state index contributed by atoms with van der Waals surface area (Å²) in [6.07, 6.45) is 0.227. The number of carboxylic acids is 1. The van der Waals surface area contributed by atoms with Gasteiger partial charge in [0.2, 0.25) is 0 Å². The van der Waals surface area contributed by atoms with E-state index in [0.717, 1.165) is 11.1 Å². The van der Waals surface area contributed by atoms with Gasteiger partial charge in [0.05, 0.1) is 5.56 Å². The van der Waals surface area contributed by atoms with Crippen molar-refractivity contribution in [3.05, 3.63) is 71.3 Å². The molecule has 0 bridgehead atoms. The summed E-state index contributed by atoms with van der Waals surface area (Å²) in [5.74, 6) is 3.74. The highest BCUT2D eigenvalue weighted by atomic mass is 16.5. The van der Waals surface area contributed by atoms with E-state index in [1.807, 2.05) is 30.3 Å². The zero-order chi connectivity index (χ0) is 16.7. The van der Waals surface area contributed by atoms with E-state index in [4.69, 9.17) is 15.7 Å². The maximum absolute atomic E-state index is 12.0. The Morgan fingerprint density at radius 2 is 1.70 bits per heavy atom. The third-order valence-corrected chi connectivity index (χ3v) is 3.34. The highest BCUT2D eigenvalue weighted by Crippen LogP contribution is 2.10. The van der Waals surface area contributed by atoms with Crippen LogP contribution in [0.3, 0.4) is 0 Å². The van der Waals surface area contributed by atoms with Crippen LogP contribution in [0.1, 0.15) is 21.5 Å². The van der Waals surface area contributed by atoms with Crippen LogP contribution in [0.25, 0.3) is 0 Å². The lowest BCUT2D eigenvalue weighted by atomic mass is 10.0. The quantitative estimate of drug-likeness (QED) is 0.407. The average molecular weight is 314 g/mol. The molecular weight excluding hydrogens is 296 g/mol. The SMILES string of the molecule is NNC(Cc1ccc(C(=O)OCc2ccccc2)cc1)C(=O)O. The molecule has 6 nitrogen and oxygen atoms in total. The van der Waals surface area contributed by atoms with Crippen LogP contribution in [0.15, 0.2) is 54.6 Å². The fourth-order valence-electron chi connectivity index (χ4n) is 2.04. The zero-order valence-corrected chi connectivity index (χ0v) is 12.4. The number of hydrazine groups is 1. The maximum Gasteiger partial charge on any atom is 0.338 e. The second-order valence-electron chi connectivity index (χ2n) is 5.02. The van der Waals surface area contributed by atoms with Crippen LogP contribution in [0.4, 0.5) is 0 Å². The van der Waals surface area contributed by atoms with Gasteiger partial charge in [0.25, 0.3) is 0 Å². The van der Waals surface area contributed by atoms with E-state index in [0.29, 0.717) is 5.56 Å². The van der Waals surface area contributed by atoms with E-state index >= 15 is 0 Å². The Kier molecular flexibility index (Phi) is 5.85. The number of nitrogens with one attached hydrogen (secondary N) is 1. The van der Waals surface area contributed by atoms with Gasteiger partial charge in [-0.3, -0.25) is 10.6 Å². The van der Waals surface area contributed by atoms with Gasteiger partial charge in [-0.15, -0.1) is 0 Å². The molecule has 1 atom stereocenters. The zero-order valence-electron chi connectivity index (χ0n) is 12.4. The molecular formula is C17H18N2O4. The lowest BCUT2D eigenvalue weighted by molar-refractivity contribution is -0.139. The fourth-order valence-corrected chi connectivity index (χ4v) is 2.04. The number of hydrogen-bond acceptors (Lipinski definition) is 5. The van der Waals surface area contributed by atoms with Crippen molar-refractivity contribution in [2.45, 2.75) is 19.1 Å². The smallest absolute Gasteiger partial charge is 0.338 e. The molecule has 6 heteroatoms. The van der Waals surface area contributed by atoms with Crippen LogP contribution < -0.4 is 11.3 Å². The Hall–Kier alpha value is -2.70. The average Bonchev–Trinajstić information content (AvgIpc) is 2.58. The van der Waals surface area contributed by atoms with E-state index in [1.54, 1.807) is 24.3 Å². The number of carbonyl (C=O) groups is 2. The molecule has 120 valence electrons. The summed E-state index contributed by atoms with van der Waals surface area (Å²) in [5.41, 5.74) is 4.32. The van der Waals surface area contributed by atoms with Gasteiger partial charge in [-0.2, -0.15) is 0 Å². The Labute approximate surface area is 133 Å². The second kappa shape index (κ2) is 8.07. The highest BCUT2D eigenvalue weighted by molar-refractivity contribution is 5.89. The van der Waals surface area contributed by atoms with Crippen LogP contribution in [0.2, 0.25) is 0 Å². The second-order valence-corrected chi connectivity index (χ2v) is 5.02. The topological polar surface area (TPSA) is 102 Å². The normalized spacial score (nSPS) is 11.7. The van der Waals surface area contributed by atoms with Gasteiger partial charge < -0.3 is 9.84 Å². The van der Waals surface area contributed by atoms with Gasteiger partial charge in [-0.1, -0.05) is 42.5 Å². The van der Waals surface area contributed by atoms with Crippen molar-refractivity contribution in [1.82, 2.24) is 5.43 Å². The summed E-state index contributed by atoms with van der Waals surface area (Å²) in [6, 6.07) is 15.1. The number of carbonyl (C=O) groups excluding carboxylic acids is 1. The summed E-state index contributed by atoms with van der Waals surface area (Å²) in [6.45, 7) is 0.208. The van der Waals surface area contributed by atoms with Crippen molar-refractivity contribution in [2.75, 3.05) is 0 Å². The van der Waals surface area contributed by atoms with Crippen molar-refractivity contribution in [1.29, 1.82) is 0 Å². The molecule has 2 aromatic carbocycles. The van der Waals surface area contributed by atoms with Crippen molar-refractivity contribution < 1.29 is 19.4 Å². The minimum Gasteiger partial charge on any atom is -0.480 e. The van der Waals surface area contributed by atoms with Crippen LogP contribution >= 0.6 is 0 Å². The molecule has 0 aliphatic heterocycles. The van der Waals surface area contributed by atoms with Crippen molar-refractivity contribution >= 4 is 11.9 Å². The first kappa shape index (κ1) is 16.7. The molecule has 1 unspecified atom stereocenters. The summed E-state index contributed by atoms with van der Waals surface area (Å²) in [7, 11) is 0. The summed E-state index contributed by atoms with van der Waals surface area (Å²) in [4.78, 5) is 22.9. The highest BCUT2D eigenvalue weighted by Gasteiger charge is 2.16. The molecule has 0 aromatic heterocycles. The predicted octanol–water partition coefficient (Wildman–Crippen LogP) is 1.50. The molecule has 0 radical (unpaired) electrons. The molecule has 2 aromatic rings. The molecule has 0 fully saturated rings. The van der Waals surface area contributed by atoms with E-state index < -0.39 is 18.0 Å². The van der Waals surface area contributed by atoms with Gasteiger partial charge in [0.1, 0.15) is 12.6 Å². The number of ether oxygens (including phenoxy) is 1. The minimum absolute atomic E-state index is 0.208. The van der Waals surface area contributed by atoms with Gasteiger partial charge >= 0.3 is 11.9 Å². The Morgan fingerprint density at radius 1 is 1.04 bits per heavy atom. The van der Waals surface area contributed by atoms with E-state index in [9.17, 15) is 9.59 Å². The molecule has 2 rings (SSSR count). The van der Waals surface area contributed by atoms with Crippen LogP contribution in [0, 0.1) is 0 Å². The fraction of sp³-hybridized carbons (Fsp3) is 0.176. The van der Waals surface area contributed by atoms with Gasteiger partial charge in [-0.05, 0) is 29.7 Å². The number of rotatable bonds is 7. The first-order chi connectivity index (χ1) is 11.1. The molecule has 0 amide bonds. The molecule has 0 aliphatic rings.